The maximum Gasteiger partial charge on any atom is 0.282 e. The van der Waals surface area contributed by atoms with E-state index in [1.54, 1.807) is 12.1 Å². The van der Waals surface area contributed by atoms with Gasteiger partial charge in [0.15, 0.2) is 0 Å². The Morgan fingerprint density at radius 1 is 0.935 bits per heavy atom. The van der Waals surface area contributed by atoms with E-state index in [0.717, 1.165) is 48.9 Å². The van der Waals surface area contributed by atoms with E-state index in [-0.39, 0.29) is 17.5 Å². The first kappa shape index (κ1) is 21.3. The molecule has 0 radical (unpaired) electrons. The molecule has 6 nitrogen and oxygen atoms in total. The van der Waals surface area contributed by atoms with Crippen molar-refractivity contribution in [1.29, 1.82) is 0 Å². The lowest BCUT2D eigenvalue weighted by atomic mass is 10.2. The zero-order valence-corrected chi connectivity index (χ0v) is 17.7. The van der Waals surface area contributed by atoms with Crippen LogP contribution in [0.2, 0.25) is 0 Å². The number of rotatable bonds is 6. The summed E-state index contributed by atoms with van der Waals surface area (Å²) in [7, 11) is 0. The average molecular weight is 444 g/mol. The molecule has 0 unspecified atom stereocenters. The molecule has 0 saturated carbocycles. The minimum atomic E-state index is -0.307. The molecule has 162 valence electrons. The fourth-order valence-corrected chi connectivity index (χ4v) is 4.30. The van der Waals surface area contributed by atoms with Crippen molar-refractivity contribution in [3.05, 3.63) is 75.7 Å². The Kier molecular flexibility index (Phi) is 6.83. The molecule has 4 rings (SSSR count). The molecule has 31 heavy (non-hydrogen) atoms. The highest BCUT2D eigenvalue weighted by molar-refractivity contribution is 7.13. The summed E-state index contributed by atoms with van der Waals surface area (Å²) in [5.74, 6) is -0.821. The van der Waals surface area contributed by atoms with Crippen LogP contribution < -0.4 is 10.2 Å². The number of nitrogens with one attached hydrogen (secondary N) is 1. The Bertz CT molecular complexity index is 1010. The third-order valence-corrected chi connectivity index (χ3v) is 6.07. The summed E-state index contributed by atoms with van der Waals surface area (Å²) in [5, 5.41) is 12.1. The Morgan fingerprint density at radius 3 is 2.39 bits per heavy atom. The molecule has 0 bridgehead atoms. The van der Waals surface area contributed by atoms with Crippen molar-refractivity contribution in [3.8, 4) is 0 Å². The fraction of sp³-hybridized carbons (Fsp3) is 0.318. The van der Waals surface area contributed by atoms with Gasteiger partial charge in [-0.25, -0.2) is 8.78 Å². The highest BCUT2D eigenvalue weighted by Crippen LogP contribution is 2.19. The average Bonchev–Trinajstić information content (AvgIpc) is 3.12. The van der Waals surface area contributed by atoms with E-state index in [4.69, 9.17) is 0 Å². The number of carbonyl (C=O) groups excluding carboxylic acids is 1. The van der Waals surface area contributed by atoms with E-state index in [1.165, 1.54) is 35.6 Å². The van der Waals surface area contributed by atoms with Gasteiger partial charge in [-0.1, -0.05) is 23.5 Å². The molecule has 1 aromatic heterocycles. The highest BCUT2D eigenvalue weighted by Gasteiger charge is 2.18. The maximum atomic E-state index is 13.2. The summed E-state index contributed by atoms with van der Waals surface area (Å²) >= 11 is 1.29. The van der Waals surface area contributed by atoms with Gasteiger partial charge < -0.3 is 10.2 Å². The van der Waals surface area contributed by atoms with Crippen molar-refractivity contribution in [2.75, 3.05) is 31.1 Å². The van der Waals surface area contributed by atoms with Crippen LogP contribution in [0.4, 0.5) is 14.5 Å². The van der Waals surface area contributed by atoms with Gasteiger partial charge in [-0.05, 0) is 48.4 Å². The summed E-state index contributed by atoms with van der Waals surface area (Å²) in [5.41, 5.74) is 1.84. The molecule has 1 amide bonds. The third-order valence-electron chi connectivity index (χ3n) is 5.17. The summed E-state index contributed by atoms with van der Waals surface area (Å²) in [4.78, 5) is 16.9. The number of amides is 1. The predicted octanol–water partition coefficient (Wildman–Crippen LogP) is 3.46. The second-order valence-corrected chi connectivity index (χ2v) is 8.47. The van der Waals surface area contributed by atoms with Crippen LogP contribution >= 0.6 is 11.3 Å². The van der Waals surface area contributed by atoms with Crippen LogP contribution in [0.5, 0.6) is 0 Å². The van der Waals surface area contributed by atoms with Crippen LogP contribution in [0.1, 0.15) is 26.8 Å². The molecule has 0 atom stereocenters. The number of benzene rings is 2. The summed E-state index contributed by atoms with van der Waals surface area (Å²) in [6.45, 7) is 4.47. The molecule has 1 saturated heterocycles. The van der Waals surface area contributed by atoms with Gasteiger partial charge in [-0.2, -0.15) is 0 Å². The quantitative estimate of drug-likeness (QED) is 0.632. The minimum absolute atomic E-state index is 0.228. The molecular weight excluding hydrogens is 420 g/mol. The van der Waals surface area contributed by atoms with Crippen molar-refractivity contribution in [1.82, 2.24) is 20.4 Å². The molecule has 1 fully saturated rings. The summed E-state index contributed by atoms with van der Waals surface area (Å²) < 4.78 is 26.1. The molecule has 1 N–H and O–H groups in total. The topological polar surface area (TPSA) is 61.4 Å². The smallest absolute Gasteiger partial charge is 0.282 e. The maximum absolute atomic E-state index is 13.2. The first-order chi connectivity index (χ1) is 15.1. The van der Waals surface area contributed by atoms with E-state index < -0.39 is 0 Å². The van der Waals surface area contributed by atoms with E-state index in [1.807, 2.05) is 12.1 Å². The first-order valence-corrected chi connectivity index (χ1v) is 11.0. The van der Waals surface area contributed by atoms with Crippen molar-refractivity contribution >= 4 is 22.9 Å². The highest BCUT2D eigenvalue weighted by atomic mass is 32.1. The molecule has 0 spiro atoms. The predicted molar refractivity (Wildman–Crippen MR) is 116 cm³/mol. The first-order valence-electron chi connectivity index (χ1n) is 10.1. The number of anilines is 1. The Morgan fingerprint density at radius 2 is 1.65 bits per heavy atom. The molecular formula is C22H23F2N5OS. The standard InChI is InChI=1S/C22H23F2N5OS/c23-17-4-2-16(3-5-17)14-25-21(30)22-27-26-20(31-22)15-28-10-1-11-29(13-12-28)19-8-6-18(24)7-9-19/h2-9H,1,10-15H2,(H,25,30). The minimum Gasteiger partial charge on any atom is -0.370 e. The zero-order valence-electron chi connectivity index (χ0n) is 16.9. The SMILES string of the molecule is O=C(NCc1ccc(F)cc1)c1nnc(CN2CCCN(c3ccc(F)cc3)CC2)s1. The molecule has 2 aromatic carbocycles. The van der Waals surface area contributed by atoms with Gasteiger partial charge in [0.1, 0.15) is 16.6 Å². The van der Waals surface area contributed by atoms with E-state index in [0.29, 0.717) is 18.1 Å². The van der Waals surface area contributed by atoms with Crippen LogP contribution in [0.15, 0.2) is 48.5 Å². The van der Waals surface area contributed by atoms with E-state index in [2.05, 4.69) is 25.3 Å². The second kappa shape index (κ2) is 9.93. The Labute approximate surface area is 183 Å². The second-order valence-electron chi connectivity index (χ2n) is 7.40. The molecule has 1 aliphatic rings. The molecule has 3 aromatic rings. The van der Waals surface area contributed by atoms with Gasteiger partial charge in [0.25, 0.3) is 5.91 Å². The van der Waals surface area contributed by atoms with E-state index >= 15 is 0 Å². The lowest BCUT2D eigenvalue weighted by Crippen LogP contribution is -2.30. The lowest BCUT2D eigenvalue weighted by Gasteiger charge is -2.23. The number of hydrogen-bond donors (Lipinski definition) is 1. The van der Waals surface area contributed by atoms with Crippen molar-refractivity contribution < 1.29 is 13.6 Å². The van der Waals surface area contributed by atoms with Gasteiger partial charge in [0.2, 0.25) is 5.01 Å². The number of hydrogen-bond acceptors (Lipinski definition) is 6. The zero-order chi connectivity index (χ0) is 21.6. The van der Waals surface area contributed by atoms with E-state index in [9.17, 15) is 13.6 Å². The monoisotopic (exact) mass is 443 g/mol. The van der Waals surface area contributed by atoms with Gasteiger partial charge in [0.05, 0.1) is 6.54 Å². The largest absolute Gasteiger partial charge is 0.370 e. The van der Waals surface area contributed by atoms with Crippen molar-refractivity contribution in [2.45, 2.75) is 19.5 Å². The lowest BCUT2D eigenvalue weighted by molar-refractivity contribution is 0.0950. The van der Waals surface area contributed by atoms with Crippen molar-refractivity contribution in [3.63, 3.8) is 0 Å². The molecule has 0 aliphatic carbocycles. The number of aromatic nitrogens is 2. The van der Waals surface area contributed by atoms with Gasteiger partial charge in [0, 0.05) is 38.4 Å². The van der Waals surface area contributed by atoms with Gasteiger partial charge in [-0.15, -0.1) is 10.2 Å². The molecule has 2 heterocycles. The summed E-state index contributed by atoms with van der Waals surface area (Å²) in [6.07, 6.45) is 0.987. The van der Waals surface area contributed by atoms with Crippen LogP contribution in [0, 0.1) is 11.6 Å². The third kappa shape index (κ3) is 5.83. The normalized spacial score (nSPS) is 15.0. The number of nitrogens with zero attached hydrogens (tertiary/aromatic N) is 4. The Balaban J connectivity index is 1.28. The van der Waals surface area contributed by atoms with Crippen LogP contribution in [-0.2, 0) is 13.1 Å². The van der Waals surface area contributed by atoms with Crippen LogP contribution in [-0.4, -0.2) is 47.2 Å². The summed E-state index contributed by atoms with van der Waals surface area (Å²) in [6, 6.07) is 12.6. The van der Waals surface area contributed by atoms with Crippen LogP contribution in [0.25, 0.3) is 0 Å². The molecule has 9 heteroatoms. The van der Waals surface area contributed by atoms with Gasteiger partial charge in [-0.3, -0.25) is 9.69 Å². The molecule has 1 aliphatic heterocycles. The number of halogens is 2. The van der Waals surface area contributed by atoms with Crippen LogP contribution in [0.3, 0.4) is 0 Å². The van der Waals surface area contributed by atoms with Crippen molar-refractivity contribution in [2.24, 2.45) is 0 Å². The Hall–Kier alpha value is -2.91. The fourth-order valence-electron chi connectivity index (χ4n) is 3.50. The number of carbonyl (C=O) groups is 1. The van der Waals surface area contributed by atoms with Gasteiger partial charge >= 0.3 is 0 Å².